The summed E-state index contributed by atoms with van der Waals surface area (Å²) >= 11 is 5.81. The van der Waals surface area contributed by atoms with Crippen LogP contribution in [0.5, 0.6) is 0 Å². The van der Waals surface area contributed by atoms with Crippen LogP contribution in [-0.4, -0.2) is 61.4 Å². The number of carboxylic acids is 1. The Hall–Kier alpha value is -1.15. The van der Waals surface area contributed by atoms with Gasteiger partial charge in [0.15, 0.2) is 0 Å². The summed E-state index contributed by atoms with van der Waals surface area (Å²) in [6.07, 6.45) is 1.53. The van der Waals surface area contributed by atoms with E-state index in [0.29, 0.717) is 0 Å². The highest BCUT2D eigenvalue weighted by atomic mass is 35.5. The summed E-state index contributed by atoms with van der Waals surface area (Å²) in [7, 11) is -2.19. The van der Waals surface area contributed by atoms with Crippen molar-refractivity contribution < 1.29 is 18.3 Å². The molecule has 1 aliphatic heterocycles. The van der Waals surface area contributed by atoms with Crippen LogP contribution in [0.4, 0.5) is 0 Å². The predicted octanol–water partition coefficient (Wildman–Crippen LogP) is 2.14. The molecular weight excluding hydrogens is 340 g/mol. The van der Waals surface area contributed by atoms with Gasteiger partial charge in [-0.05, 0) is 50.7 Å². The minimum atomic E-state index is -3.74. The van der Waals surface area contributed by atoms with Gasteiger partial charge in [0.1, 0.15) is 0 Å². The molecule has 0 radical (unpaired) electrons. The van der Waals surface area contributed by atoms with Gasteiger partial charge in [-0.1, -0.05) is 18.5 Å². The van der Waals surface area contributed by atoms with Crippen LogP contribution in [0, 0.1) is 0 Å². The minimum absolute atomic E-state index is 0.0235. The van der Waals surface area contributed by atoms with Crippen LogP contribution in [0.3, 0.4) is 0 Å². The highest BCUT2D eigenvalue weighted by molar-refractivity contribution is 7.89. The molecule has 1 aromatic rings. The maximum absolute atomic E-state index is 12.7. The highest BCUT2D eigenvalue weighted by Gasteiger charge is 2.31. The van der Waals surface area contributed by atoms with Crippen LogP contribution in [0.1, 0.15) is 30.1 Å². The van der Waals surface area contributed by atoms with Crippen LogP contribution >= 0.6 is 11.6 Å². The van der Waals surface area contributed by atoms with Gasteiger partial charge in [-0.3, -0.25) is 0 Å². The van der Waals surface area contributed by atoms with Gasteiger partial charge >= 0.3 is 5.97 Å². The molecule has 0 amide bonds. The summed E-state index contributed by atoms with van der Waals surface area (Å²) in [5, 5.41) is 9.12. The standard InChI is InChI=1S/C15H21ClN2O4S/c1-3-18-8-6-11(7-9-18)17(2)23(21,22)12-4-5-14(16)13(10-12)15(19)20/h4-5,10-11H,3,6-9H2,1-2H3,(H,19,20). The van der Waals surface area contributed by atoms with Crippen LogP contribution in [-0.2, 0) is 10.0 Å². The number of hydrogen-bond donors (Lipinski definition) is 1. The fourth-order valence-corrected chi connectivity index (χ4v) is 4.43. The Kier molecular flexibility index (Phi) is 5.67. The fraction of sp³-hybridized carbons (Fsp3) is 0.533. The van der Waals surface area contributed by atoms with Crippen molar-refractivity contribution in [2.75, 3.05) is 26.7 Å². The lowest BCUT2D eigenvalue weighted by molar-refractivity contribution is 0.0697. The van der Waals surface area contributed by atoms with E-state index in [0.717, 1.165) is 38.5 Å². The maximum Gasteiger partial charge on any atom is 0.337 e. The molecule has 0 saturated carbocycles. The number of sulfonamides is 1. The molecule has 1 heterocycles. The molecule has 0 atom stereocenters. The number of carboxylic acid groups (broad SMARTS) is 1. The summed E-state index contributed by atoms with van der Waals surface area (Å²) < 4.78 is 26.8. The number of piperidine rings is 1. The lowest BCUT2D eigenvalue weighted by atomic mass is 10.1. The second kappa shape index (κ2) is 7.17. The van der Waals surface area contributed by atoms with E-state index in [1.165, 1.54) is 16.4 Å². The third-order valence-corrected chi connectivity index (χ3v) is 6.60. The summed E-state index contributed by atoms with van der Waals surface area (Å²) in [5.41, 5.74) is -0.207. The molecule has 1 saturated heterocycles. The van der Waals surface area contributed by atoms with Gasteiger partial charge in [0.05, 0.1) is 15.5 Å². The molecule has 1 fully saturated rings. The van der Waals surface area contributed by atoms with Gasteiger partial charge in [0.25, 0.3) is 0 Å². The molecular formula is C15H21ClN2O4S. The molecule has 0 aliphatic carbocycles. The summed E-state index contributed by atoms with van der Waals surface area (Å²) in [6.45, 7) is 4.77. The number of nitrogens with zero attached hydrogens (tertiary/aromatic N) is 2. The van der Waals surface area contributed by atoms with E-state index >= 15 is 0 Å². The molecule has 2 rings (SSSR count). The summed E-state index contributed by atoms with van der Waals surface area (Å²) in [5.74, 6) is -1.24. The number of halogens is 1. The number of hydrogen-bond acceptors (Lipinski definition) is 4. The van der Waals surface area contributed by atoms with Crippen LogP contribution < -0.4 is 0 Å². The van der Waals surface area contributed by atoms with E-state index < -0.39 is 16.0 Å². The number of rotatable bonds is 5. The highest BCUT2D eigenvalue weighted by Crippen LogP contribution is 2.26. The zero-order valence-corrected chi connectivity index (χ0v) is 14.8. The van der Waals surface area contributed by atoms with Crippen molar-refractivity contribution in [3.8, 4) is 0 Å². The minimum Gasteiger partial charge on any atom is -0.478 e. The summed E-state index contributed by atoms with van der Waals surface area (Å²) in [6, 6.07) is 3.71. The van der Waals surface area contributed by atoms with E-state index in [2.05, 4.69) is 11.8 Å². The van der Waals surface area contributed by atoms with E-state index in [9.17, 15) is 13.2 Å². The lowest BCUT2D eigenvalue weighted by Gasteiger charge is -2.35. The van der Waals surface area contributed by atoms with E-state index in [1.807, 2.05) is 0 Å². The van der Waals surface area contributed by atoms with Crippen molar-refractivity contribution in [3.05, 3.63) is 28.8 Å². The second-order valence-corrected chi connectivity index (χ2v) is 8.04. The van der Waals surface area contributed by atoms with Gasteiger partial charge in [-0.25, -0.2) is 13.2 Å². The molecule has 1 aromatic carbocycles. The predicted molar refractivity (Wildman–Crippen MR) is 88.5 cm³/mol. The quantitative estimate of drug-likeness (QED) is 0.870. The normalized spacial score (nSPS) is 17.6. The number of benzene rings is 1. The molecule has 0 unspecified atom stereocenters. The van der Waals surface area contributed by atoms with Crippen molar-refractivity contribution in [2.45, 2.75) is 30.7 Å². The lowest BCUT2D eigenvalue weighted by Crippen LogP contribution is -2.45. The molecule has 23 heavy (non-hydrogen) atoms. The third kappa shape index (κ3) is 3.85. The van der Waals surface area contributed by atoms with Crippen LogP contribution in [0.15, 0.2) is 23.1 Å². The molecule has 1 N–H and O–H groups in total. The second-order valence-electron chi connectivity index (χ2n) is 5.63. The first-order chi connectivity index (χ1) is 10.8. The Balaban J connectivity index is 2.24. The zero-order chi connectivity index (χ0) is 17.2. The van der Waals surface area contributed by atoms with Gasteiger partial charge < -0.3 is 10.0 Å². The van der Waals surface area contributed by atoms with Crippen LogP contribution in [0.2, 0.25) is 5.02 Å². The average molecular weight is 361 g/mol. The van der Waals surface area contributed by atoms with Crippen molar-refractivity contribution in [1.82, 2.24) is 9.21 Å². The zero-order valence-electron chi connectivity index (χ0n) is 13.2. The third-order valence-electron chi connectivity index (χ3n) is 4.36. The molecule has 0 bridgehead atoms. The Morgan fingerprint density at radius 2 is 2.00 bits per heavy atom. The first kappa shape index (κ1) is 18.2. The topological polar surface area (TPSA) is 77.9 Å². The van der Waals surface area contributed by atoms with E-state index in [-0.39, 0.29) is 21.5 Å². The van der Waals surface area contributed by atoms with Gasteiger partial charge in [0, 0.05) is 13.1 Å². The van der Waals surface area contributed by atoms with Crippen molar-refractivity contribution in [2.24, 2.45) is 0 Å². The van der Waals surface area contributed by atoms with Crippen molar-refractivity contribution in [3.63, 3.8) is 0 Å². The molecule has 6 nitrogen and oxygen atoms in total. The van der Waals surface area contributed by atoms with Gasteiger partial charge in [0.2, 0.25) is 10.0 Å². The molecule has 0 aromatic heterocycles. The summed E-state index contributed by atoms with van der Waals surface area (Å²) in [4.78, 5) is 13.4. The average Bonchev–Trinajstić information content (AvgIpc) is 2.54. The molecule has 128 valence electrons. The Morgan fingerprint density at radius 3 is 2.52 bits per heavy atom. The number of carbonyl (C=O) groups is 1. The molecule has 1 aliphatic rings. The Morgan fingerprint density at radius 1 is 1.39 bits per heavy atom. The van der Waals surface area contributed by atoms with Gasteiger partial charge in [-0.2, -0.15) is 4.31 Å². The first-order valence-electron chi connectivity index (χ1n) is 7.50. The number of aromatic carboxylic acids is 1. The van der Waals surface area contributed by atoms with Gasteiger partial charge in [-0.15, -0.1) is 0 Å². The van der Waals surface area contributed by atoms with Crippen LogP contribution in [0.25, 0.3) is 0 Å². The Labute approximate surface area is 141 Å². The smallest absolute Gasteiger partial charge is 0.337 e. The monoisotopic (exact) mass is 360 g/mol. The van der Waals surface area contributed by atoms with Crippen molar-refractivity contribution in [1.29, 1.82) is 0 Å². The SMILES string of the molecule is CCN1CCC(N(C)S(=O)(=O)c2ccc(Cl)c(C(=O)O)c2)CC1. The van der Waals surface area contributed by atoms with E-state index in [4.69, 9.17) is 16.7 Å². The molecule has 0 spiro atoms. The Bertz CT molecular complexity index is 685. The van der Waals surface area contributed by atoms with E-state index in [1.54, 1.807) is 7.05 Å². The molecule has 8 heteroatoms. The largest absolute Gasteiger partial charge is 0.478 e. The first-order valence-corrected chi connectivity index (χ1v) is 9.32. The number of likely N-dealkylation sites (tertiary alicyclic amines) is 1. The maximum atomic E-state index is 12.7. The fourth-order valence-electron chi connectivity index (χ4n) is 2.79. The van der Waals surface area contributed by atoms with Crippen molar-refractivity contribution >= 4 is 27.6 Å².